The van der Waals surface area contributed by atoms with Gasteiger partial charge in [-0.3, -0.25) is 9.79 Å². The molecule has 0 bridgehead atoms. The summed E-state index contributed by atoms with van der Waals surface area (Å²) in [5.41, 5.74) is 7.32. The number of benzene rings is 1. The summed E-state index contributed by atoms with van der Waals surface area (Å²) in [6.45, 7) is 0. The lowest BCUT2D eigenvalue weighted by Gasteiger charge is -1.98. The first-order chi connectivity index (χ1) is 10.2. The number of hydrogen-bond acceptors (Lipinski definition) is 8. The van der Waals surface area contributed by atoms with E-state index in [1.807, 2.05) is 24.3 Å². The first-order valence-electron chi connectivity index (χ1n) is 5.93. The van der Waals surface area contributed by atoms with Crippen LogP contribution in [0.5, 0.6) is 0 Å². The summed E-state index contributed by atoms with van der Waals surface area (Å²) in [7, 11) is 1.57. The van der Waals surface area contributed by atoms with Gasteiger partial charge in [-0.25, -0.2) is 9.97 Å². The molecule has 21 heavy (non-hydrogen) atoms. The second-order valence-electron chi connectivity index (χ2n) is 3.98. The minimum absolute atomic E-state index is 0.179. The number of anilines is 1. The number of para-hydroxylation sites is 1. The number of hydrogen-bond donors (Lipinski definition) is 1. The van der Waals surface area contributed by atoms with Crippen LogP contribution < -0.4 is 5.73 Å². The maximum Gasteiger partial charge on any atom is 0.246 e. The highest BCUT2D eigenvalue weighted by Crippen LogP contribution is 2.30. The molecule has 0 unspecified atom stereocenters. The van der Waals surface area contributed by atoms with Crippen molar-refractivity contribution in [3.05, 3.63) is 35.3 Å². The number of thiazole rings is 2. The molecule has 0 aliphatic heterocycles. The van der Waals surface area contributed by atoms with Gasteiger partial charge in [-0.1, -0.05) is 12.1 Å². The standard InChI is InChI=1S/C13H10N4OS3/c1-15-10(8-6-19-12(14)16-8)11(18)21-13-17-7-4-2-3-5-9(7)20-13/h2-6H,1H3,(H2,14,16). The molecule has 0 atom stereocenters. The Bertz CT molecular complexity index is 804. The van der Waals surface area contributed by atoms with Gasteiger partial charge in [0, 0.05) is 12.4 Å². The predicted octanol–water partition coefficient (Wildman–Crippen LogP) is 3.07. The lowest BCUT2D eigenvalue weighted by Crippen LogP contribution is -2.12. The maximum absolute atomic E-state index is 12.4. The number of aliphatic imine (C=N–C) groups is 1. The predicted molar refractivity (Wildman–Crippen MR) is 89.5 cm³/mol. The maximum atomic E-state index is 12.4. The van der Waals surface area contributed by atoms with Gasteiger partial charge in [0.05, 0.1) is 10.2 Å². The van der Waals surface area contributed by atoms with Crippen molar-refractivity contribution < 1.29 is 4.79 Å². The van der Waals surface area contributed by atoms with Crippen molar-refractivity contribution >= 4 is 60.6 Å². The molecule has 0 saturated heterocycles. The lowest BCUT2D eigenvalue weighted by atomic mass is 10.3. The molecule has 8 heteroatoms. The lowest BCUT2D eigenvalue weighted by molar-refractivity contribution is -0.105. The summed E-state index contributed by atoms with van der Waals surface area (Å²) >= 11 is 3.84. The van der Waals surface area contributed by atoms with E-state index in [0.29, 0.717) is 20.9 Å². The van der Waals surface area contributed by atoms with Crippen LogP contribution in [0, 0.1) is 0 Å². The normalized spacial score (nSPS) is 12.0. The second kappa shape index (κ2) is 5.92. The molecule has 0 spiro atoms. The van der Waals surface area contributed by atoms with Crippen LogP contribution in [0.3, 0.4) is 0 Å². The smallest absolute Gasteiger partial charge is 0.246 e. The number of nitrogens with zero attached hydrogens (tertiary/aromatic N) is 3. The fraction of sp³-hybridized carbons (Fsp3) is 0.0769. The van der Waals surface area contributed by atoms with Crippen molar-refractivity contribution in [2.24, 2.45) is 4.99 Å². The van der Waals surface area contributed by atoms with Crippen molar-refractivity contribution in [2.75, 3.05) is 12.8 Å². The van der Waals surface area contributed by atoms with Crippen LogP contribution >= 0.6 is 34.4 Å². The number of carbonyl (C=O) groups excluding carboxylic acids is 1. The highest BCUT2D eigenvalue weighted by atomic mass is 32.2. The zero-order valence-corrected chi connectivity index (χ0v) is 13.4. The molecule has 3 aromatic rings. The molecule has 0 saturated carbocycles. The van der Waals surface area contributed by atoms with Gasteiger partial charge in [0.15, 0.2) is 9.47 Å². The zero-order chi connectivity index (χ0) is 14.8. The SMILES string of the molecule is CN=C(C(=O)Sc1nc2ccccc2s1)c1csc(N)n1. The fourth-order valence-corrected chi connectivity index (χ4v) is 4.23. The van der Waals surface area contributed by atoms with Crippen LogP contribution in [0.4, 0.5) is 5.13 Å². The summed E-state index contributed by atoms with van der Waals surface area (Å²) in [6, 6.07) is 7.79. The Labute approximate surface area is 133 Å². The minimum Gasteiger partial charge on any atom is -0.375 e. The van der Waals surface area contributed by atoms with Crippen LogP contribution in [0.25, 0.3) is 10.2 Å². The number of nitrogens with two attached hydrogens (primary N) is 1. The number of aromatic nitrogens is 2. The summed E-state index contributed by atoms with van der Waals surface area (Å²) in [5.74, 6) is 0. The third-order valence-electron chi connectivity index (χ3n) is 2.64. The van der Waals surface area contributed by atoms with E-state index in [2.05, 4.69) is 15.0 Å². The van der Waals surface area contributed by atoms with Crippen molar-refractivity contribution in [1.29, 1.82) is 0 Å². The Morgan fingerprint density at radius 3 is 2.81 bits per heavy atom. The van der Waals surface area contributed by atoms with E-state index in [-0.39, 0.29) is 5.12 Å². The van der Waals surface area contributed by atoms with Crippen LogP contribution in [0.2, 0.25) is 0 Å². The van der Waals surface area contributed by atoms with Gasteiger partial charge < -0.3 is 5.73 Å². The summed E-state index contributed by atoms with van der Waals surface area (Å²) < 4.78 is 1.76. The molecule has 3 rings (SSSR count). The highest BCUT2D eigenvalue weighted by molar-refractivity contribution is 8.16. The molecule has 1 aromatic carbocycles. The van der Waals surface area contributed by atoms with Gasteiger partial charge in [-0.15, -0.1) is 22.7 Å². The largest absolute Gasteiger partial charge is 0.375 e. The molecular formula is C13H10N4OS3. The quantitative estimate of drug-likeness (QED) is 0.588. The van der Waals surface area contributed by atoms with Gasteiger partial charge >= 0.3 is 0 Å². The molecular weight excluding hydrogens is 324 g/mol. The van der Waals surface area contributed by atoms with E-state index < -0.39 is 0 Å². The molecule has 0 fully saturated rings. The number of nitrogen functional groups attached to an aromatic ring is 1. The van der Waals surface area contributed by atoms with Crippen LogP contribution in [-0.4, -0.2) is 27.8 Å². The fourth-order valence-electron chi connectivity index (χ4n) is 1.73. The Hall–Kier alpha value is -1.77. The zero-order valence-electron chi connectivity index (χ0n) is 10.9. The van der Waals surface area contributed by atoms with Crippen LogP contribution in [0.15, 0.2) is 39.0 Å². The number of thioether (sulfide) groups is 1. The Balaban J connectivity index is 1.84. The second-order valence-corrected chi connectivity index (χ2v) is 7.12. The van der Waals surface area contributed by atoms with Gasteiger partial charge in [0.1, 0.15) is 11.4 Å². The van der Waals surface area contributed by atoms with E-state index >= 15 is 0 Å². The average molecular weight is 334 g/mol. The molecule has 2 heterocycles. The van der Waals surface area contributed by atoms with E-state index in [1.165, 1.54) is 22.7 Å². The molecule has 0 amide bonds. The molecule has 0 radical (unpaired) electrons. The van der Waals surface area contributed by atoms with Crippen LogP contribution in [-0.2, 0) is 4.79 Å². The van der Waals surface area contributed by atoms with E-state index in [9.17, 15) is 4.79 Å². The summed E-state index contributed by atoms with van der Waals surface area (Å²) in [5, 5.41) is 1.97. The number of carbonyl (C=O) groups is 1. The average Bonchev–Trinajstić information content (AvgIpc) is 3.05. The van der Waals surface area contributed by atoms with Crippen molar-refractivity contribution in [3.63, 3.8) is 0 Å². The first kappa shape index (κ1) is 14.2. The Morgan fingerprint density at radius 2 is 2.14 bits per heavy atom. The van der Waals surface area contributed by atoms with Gasteiger partial charge in [-0.05, 0) is 23.9 Å². The molecule has 0 aliphatic rings. The Morgan fingerprint density at radius 1 is 1.33 bits per heavy atom. The third-order valence-corrected chi connectivity index (χ3v) is 5.29. The minimum atomic E-state index is -0.179. The summed E-state index contributed by atoms with van der Waals surface area (Å²) in [4.78, 5) is 24.9. The third kappa shape index (κ3) is 2.97. The molecule has 106 valence electrons. The molecule has 5 nitrogen and oxygen atoms in total. The van der Waals surface area contributed by atoms with Gasteiger partial charge in [-0.2, -0.15) is 0 Å². The first-order valence-corrected chi connectivity index (χ1v) is 8.44. The van der Waals surface area contributed by atoms with Gasteiger partial charge in [0.25, 0.3) is 0 Å². The van der Waals surface area contributed by atoms with Gasteiger partial charge in [0.2, 0.25) is 5.12 Å². The molecule has 2 aromatic heterocycles. The summed E-state index contributed by atoms with van der Waals surface area (Å²) in [6.07, 6.45) is 0. The Kier molecular flexibility index (Phi) is 4.00. The monoisotopic (exact) mass is 334 g/mol. The van der Waals surface area contributed by atoms with E-state index in [1.54, 1.807) is 12.4 Å². The van der Waals surface area contributed by atoms with E-state index in [0.717, 1.165) is 22.0 Å². The number of fused-ring (bicyclic) bond motifs is 1. The topological polar surface area (TPSA) is 81.2 Å². The highest BCUT2D eigenvalue weighted by Gasteiger charge is 2.19. The number of rotatable bonds is 3. The molecule has 0 aliphatic carbocycles. The van der Waals surface area contributed by atoms with Crippen molar-refractivity contribution in [2.45, 2.75) is 4.34 Å². The van der Waals surface area contributed by atoms with Crippen molar-refractivity contribution in [3.8, 4) is 0 Å². The van der Waals surface area contributed by atoms with Crippen LogP contribution in [0.1, 0.15) is 5.69 Å². The van der Waals surface area contributed by atoms with E-state index in [4.69, 9.17) is 5.73 Å². The van der Waals surface area contributed by atoms with Crippen molar-refractivity contribution in [1.82, 2.24) is 9.97 Å². The molecule has 2 N–H and O–H groups in total.